The third kappa shape index (κ3) is 4.45. The van der Waals surface area contributed by atoms with Crippen LogP contribution >= 0.6 is 11.8 Å². The molecule has 1 aromatic heterocycles. The smallest absolute Gasteiger partial charge is 0.233 e. The summed E-state index contributed by atoms with van der Waals surface area (Å²) in [7, 11) is 1.65. The van der Waals surface area contributed by atoms with Crippen LogP contribution in [0, 0.1) is 0 Å². The fourth-order valence-corrected chi connectivity index (χ4v) is 4.32. The van der Waals surface area contributed by atoms with Gasteiger partial charge in [-0.25, -0.2) is 0 Å². The first-order valence-corrected chi connectivity index (χ1v) is 10.8. The Balaban J connectivity index is 1.61. The summed E-state index contributed by atoms with van der Waals surface area (Å²) >= 11 is 1.44. The Morgan fingerprint density at radius 3 is 2.41 bits per heavy atom. The van der Waals surface area contributed by atoms with Gasteiger partial charge in [0.25, 0.3) is 0 Å². The maximum Gasteiger partial charge on any atom is 0.233 e. The molecule has 1 aliphatic rings. The number of aromatic nitrogens is 3. The lowest BCUT2D eigenvalue weighted by Crippen LogP contribution is -2.36. The van der Waals surface area contributed by atoms with Crippen molar-refractivity contribution in [3.05, 3.63) is 54.6 Å². The van der Waals surface area contributed by atoms with Crippen LogP contribution in [0.4, 0.5) is 0 Å². The molecule has 29 heavy (non-hydrogen) atoms. The Morgan fingerprint density at radius 2 is 1.72 bits per heavy atom. The molecule has 0 N–H and O–H groups in total. The van der Waals surface area contributed by atoms with Gasteiger partial charge in [0.15, 0.2) is 11.0 Å². The minimum absolute atomic E-state index is 0.170. The Morgan fingerprint density at radius 1 is 1.00 bits per heavy atom. The molecule has 4 rings (SSSR count). The summed E-state index contributed by atoms with van der Waals surface area (Å²) in [5.74, 6) is 2.07. The maximum absolute atomic E-state index is 12.6. The Labute approximate surface area is 174 Å². The van der Waals surface area contributed by atoms with E-state index in [0.29, 0.717) is 10.9 Å². The number of nitrogens with zero attached hydrogens (tertiary/aromatic N) is 4. The van der Waals surface area contributed by atoms with Crippen LogP contribution in [-0.2, 0) is 4.79 Å². The molecule has 2 aromatic carbocycles. The molecule has 6 nitrogen and oxygen atoms in total. The number of para-hydroxylation sites is 1. The van der Waals surface area contributed by atoms with E-state index in [0.717, 1.165) is 48.8 Å². The first-order chi connectivity index (χ1) is 14.3. The van der Waals surface area contributed by atoms with Crippen molar-refractivity contribution in [2.45, 2.75) is 24.4 Å². The number of hydrogen-bond donors (Lipinski definition) is 0. The fourth-order valence-electron chi connectivity index (χ4n) is 3.46. The number of carbonyl (C=O) groups is 1. The van der Waals surface area contributed by atoms with Crippen LogP contribution < -0.4 is 4.74 Å². The summed E-state index contributed by atoms with van der Waals surface area (Å²) in [4.78, 5) is 14.6. The number of ether oxygens (including phenoxy) is 1. The molecular formula is C22H24N4O2S. The summed E-state index contributed by atoms with van der Waals surface area (Å²) in [6.45, 7) is 1.73. The average Bonchev–Trinajstić information content (AvgIpc) is 3.22. The van der Waals surface area contributed by atoms with Crippen molar-refractivity contribution in [2.75, 3.05) is 26.0 Å². The lowest BCUT2D eigenvalue weighted by molar-refractivity contribution is -0.129. The van der Waals surface area contributed by atoms with E-state index in [4.69, 9.17) is 4.74 Å². The predicted molar refractivity (Wildman–Crippen MR) is 115 cm³/mol. The quantitative estimate of drug-likeness (QED) is 0.576. The van der Waals surface area contributed by atoms with Gasteiger partial charge in [0.1, 0.15) is 5.75 Å². The molecule has 2 heterocycles. The zero-order chi connectivity index (χ0) is 20.1. The SMILES string of the molecule is COc1ccc(-c2nnc(SCC(=O)N3CCCCC3)n2-c2ccccc2)cc1. The van der Waals surface area contributed by atoms with Crippen LogP contribution in [-0.4, -0.2) is 51.5 Å². The van der Waals surface area contributed by atoms with Crippen LogP contribution in [0.25, 0.3) is 17.1 Å². The zero-order valence-corrected chi connectivity index (χ0v) is 17.3. The largest absolute Gasteiger partial charge is 0.497 e. The molecule has 0 spiro atoms. The van der Waals surface area contributed by atoms with Gasteiger partial charge in [0.2, 0.25) is 5.91 Å². The molecule has 0 unspecified atom stereocenters. The van der Waals surface area contributed by atoms with Gasteiger partial charge in [-0.3, -0.25) is 9.36 Å². The van der Waals surface area contributed by atoms with Gasteiger partial charge in [0.05, 0.1) is 12.9 Å². The van der Waals surface area contributed by atoms with Gasteiger partial charge in [-0.1, -0.05) is 30.0 Å². The van der Waals surface area contributed by atoms with Crippen LogP contribution in [0.3, 0.4) is 0 Å². The van der Waals surface area contributed by atoms with Gasteiger partial charge < -0.3 is 9.64 Å². The van der Waals surface area contributed by atoms with E-state index in [1.165, 1.54) is 18.2 Å². The highest BCUT2D eigenvalue weighted by molar-refractivity contribution is 7.99. The number of amides is 1. The average molecular weight is 409 g/mol. The van der Waals surface area contributed by atoms with Crippen LogP contribution in [0.15, 0.2) is 59.8 Å². The molecule has 3 aromatic rings. The van der Waals surface area contributed by atoms with E-state index in [9.17, 15) is 4.79 Å². The number of benzene rings is 2. The van der Waals surface area contributed by atoms with Crippen LogP contribution in [0.2, 0.25) is 0 Å². The highest BCUT2D eigenvalue weighted by Crippen LogP contribution is 2.29. The molecule has 150 valence electrons. The minimum atomic E-state index is 0.170. The number of thioether (sulfide) groups is 1. The highest BCUT2D eigenvalue weighted by Gasteiger charge is 2.20. The maximum atomic E-state index is 12.6. The molecule has 0 bridgehead atoms. The fraction of sp³-hybridized carbons (Fsp3) is 0.318. The van der Waals surface area contributed by atoms with Gasteiger partial charge >= 0.3 is 0 Å². The molecule has 1 fully saturated rings. The predicted octanol–water partition coefficient (Wildman–Crippen LogP) is 4.05. The molecule has 0 atom stereocenters. The van der Waals surface area contributed by atoms with Gasteiger partial charge in [0, 0.05) is 24.3 Å². The first-order valence-electron chi connectivity index (χ1n) is 9.82. The summed E-state index contributed by atoms with van der Waals surface area (Å²) in [5, 5.41) is 9.55. The van der Waals surface area contributed by atoms with E-state index >= 15 is 0 Å². The van der Waals surface area contributed by atoms with E-state index in [1.807, 2.05) is 64.1 Å². The molecule has 7 heteroatoms. The first kappa shape index (κ1) is 19.5. The van der Waals surface area contributed by atoms with Crippen molar-refractivity contribution in [1.29, 1.82) is 0 Å². The topological polar surface area (TPSA) is 60.3 Å². The number of methoxy groups -OCH3 is 1. The lowest BCUT2D eigenvalue weighted by atomic mass is 10.1. The highest BCUT2D eigenvalue weighted by atomic mass is 32.2. The molecule has 1 saturated heterocycles. The van der Waals surface area contributed by atoms with Crippen LogP contribution in [0.1, 0.15) is 19.3 Å². The van der Waals surface area contributed by atoms with E-state index < -0.39 is 0 Å². The zero-order valence-electron chi connectivity index (χ0n) is 16.5. The number of rotatable bonds is 6. The summed E-state index contributed by atoms with van der Waals surface area (Å²) in [6, 6.07) is 17.7. The third-order valence-corrected chi connectivity index (χ3v) is 5.94. The molecule has 0 aliphatic carbocycles. The molecular weight excluding hydrogens is 384 g/mol. The summed E-state index contributed by atoms with van der Waals surface area (Å²) in [6.07, 6.45) is 3.40. The lowest BCUT2D eigenvalue weighted by Gasteiger charge is -2.26. The second-order valence-electron chi connectivity index (χ2n) is 6.94. The second-order valence-corrected chi connectivity index (χ2v) is 7.88. The Hall–Kier alpha value is -2.80. The number of piperidine rings is 1. The van der Waals surface area contributed by atoms with Crippen molar-refractivity contribution in [3.8, 4) is 22.8 Å². The van der Waals surface area contributed by atoms with E-state index in [1.54, 1.807) is 7.11 Å². The van der Waals surface area contributed by atoms with Crippen molar-refractivity contribution in [1.82, 2.24) is 19.7 Å². The van der Waals surface area contributed by atoms with Gasteiger partial charge in [-0.05, 0) is 55.7 Å². The summed E-state index contributed by atoms with van der Waals surface area (Å²) < 4.78 is 7.27. The minimum Gasteiger partial charge on any atom is -0.497 e. The van der Waals surface area contributed by atoms with Gasteiger partial charge in [-0.2, -0.15) is 0 Å². The third-order valence-electron chi connectivity index (χ3n) is 5.03. The van der Waals surface area contributed by atoms with Crippen molar-refractivity contribution < 1.29 is 9.53 Å². The number of hydrogen-bond acceptors (Lipinski definition) is 5. The molecule has 0 radical (unpaired) electrons. The van der Waals surface area contributed by atoms with Crippen molar-refractivity contribution >= 4 is 17.7 Å². The molecule has 0 saturated carbocycles. The van der Waals surface area contributed by atoms with Gasteiger partial charge in [-0.15, -0.1) is 10.2 Å². The van der Waals surface area contributed by atoms with Crippen molar-refractivity contribution in [2.24, 2.45) is 0 Å². The monoisotopic (exact) mass is 408 g/mol. The molecule has 1 amide bonds. The number of likely N-dealkylation sites (tertiary alicyclic amines) is 1. The normalized spacial score (nSPS) is 14.0. The van der Waals surface area contributed by atoms with E-state index in [2.05, 4.69) is 10.2 Å². The summed E-state index contributed by atoms with van der Waals surface area (Å²) in [5.41, 5.74) is 1.91. The van der Waals surface area contributed by atoms with E-state index in [-0.39, 0.29) is 5.91 Å². The number of carbonyl (C=O) groups excluding carboxylic acids is 1. The Bertz CT molecular complexity index is 951. The van der Waals surface area contributed by atoms with Crippen LogP contribution in [0.5, 0.6) is 5.75 Å². The Kier molecular flexibility index (Phi) is 6.14. The molecule has 1 aliphatic heterocycles. The van der Waals surface area contributed by atoms with Crippen molar-refractivity contribution in [3.63, 3.8) is 0 Å². The standard InChI is InChI=1S/C22H24N4O2S/c1-28-19-12-10-17(11-13-19)21-23-24-22(26(21)18-8-4-2-5-9-18)29-16-20(27)25-14-6-3-7-15-25/h2,4-5,8-13H,3,6-7,14-16H2,1H3. The second kappa shape index (κ2) is 9.13.